The molecule has 1 rings (SSSR count). The van der Waals surface area contributed by atoms with E-state index in [0.717, 1.165) is 5.56 Å². The molecule has 0 amide bonds. The van der Waals surface area contributed by atoms with Crippen molar-refractivity contribution in [1.82, 2.24) is 0 Å². The molecule has 0 spiro atoms. The Bertz CT molecular complexity index is 457. The van der Waals surface area contributed by atoms with Crippen LogP contribution < -0.4 is 4.74 Å². The maximum Gasteiger partial charge on any atom is 0.341 e. The molecule has 5 heteroatoms. The van der Waals surface area contributed by atoms with Gasteiger partial charge in [-0.05, 0) is 31.5 Å². The summed E-state index contributed by atoms with van der Waals surface area (Å²) in [5.74, 6) is 0.106. The van der Waals surface area contributed by atoms with E-state index in [1.54, 1.807) is 25.1 Å². The first-order chi connectivity index (χ1) is 9.12. The van der Waals surface area contributed by atoms with Gasteiger partial charge in [-0.3, -0.25) is 4.79 Å². The van der Waals surface area contributed by atoms with Crippen molar-refractivity contribution < 1.29 is 19.1 Å². The summed E-state index contributed by atoms with van der Waals surface area (Å²) in [5.41, 5.74) is 1.14. The average Bonchev–Trinajstić information content (AvgIpc) is 2.40. The van der Waals surface area contributed by atoms with Gasteiger partial charge >= 0.3 is 5.97 Å². The first-order valence-corrected chi connectivity index (χ1v) is 7.25. The molecule has 0 aliphatic carbocycles. The molecule has 104 valence electrons. The Morgan fingerprint density at radius 2 is 1.95 bits per heavy atom. The maximum atomic E-state index is 11.9. The minimum Gasteiger partial charge on any atom is -0.493 e. The number of ether oxygens (including phenoxy) is 2. The molecule has 0 radical (unpaired) electrons. The van der Waals surface area contributed by atoms with Crippen molar-refractivity contribution in [2.45, 2.75) is 20.3 Å². The maximum absolute atomic E-state index is 11.9. The molecule has 0 saturated carbocycles. The second-order valence-electron chi connectivity index (χ2n) is 3.83. The number of Topliss-reactive ketones (excluding diaryl/α,β-unsaturated/α-hetero) is 1. The van der Waals surface area contributed by atoms with Crippen LogP contribution in [0.1, 0.15) is 29.8 Å². The first kappa shape index (κ1) is 15.7. The second-order valence-corrected chi connectivity index (χ2v) is 4.39. The molecule has 19 heavy (non-hydrogen) atoms. The molecule has 0 heterocycles. The summed E-state index contributed by atoms with van der Waals surface area (Å²) < 4.78 is 10.4. The molecule has 0 aliphatic heterocycles. The SMILES string of the molecule is CCOC(=O)c1cc(CC(=O)CBr)ccc1OCC. The molecule has 0 saturated heterocycles. The van der Waals surface area contributed by atoms with E-state index in [2.05, 4.69) is 15.9 Å². The van der Waals surface area contributed by atoms with Gasteiger partial charge in [0.2, 0.25) is 0 Å². The van der Waals surface area contributed by atoms with Crippen molar-refractivity contribution in [2.24, 2.45) is 0 Å². The van der Waals surface area contributed by atoms with Crippen LogP contribution in [0.15, 0.2) is 18.2 Å². The minimum absolute atomic E-state index is 0.0546. The molecular weight excluding hydrogens is 312 g/mol. The van der Waals surface area contributed by atoms with Gasteiger partial charge in [0.1, 0.15) is 17.1 Å². The fourth-order valence-corrected chi connectivity index (χ4v) is 1.81. The Kier molecular flexibility index (Phi) is 6.56. The van der Waals surface area contributed by atoms with Crippen molar-refractivity contribution in [2.75, 3.05) is 18.5 Å². The highest BCUT2D eigenvalue weighted by molar-refractivity contribution is 9.09. The molecule has 0 bridgehead atoms. The van der Waals surface area contributed by atoms with Gasteiger partial charge in [0.15, 0.2) is 0 Å². The van der Waals surface area contributed by atoms with Gasteiger partial charge in [0.05, 0.1) is 18.5 Å². The monoisotopic (exact) mass is 328 g/mol. The predicted octanol–water partition coefficient (Wildman–Crippen LogP) is 2.77. The van der Waals surface area contributed by atoms with Gasteiger partial charge in [0.25, 0.3) is 0 Å². The first-order valence-electron chi connectivity index (χ1n) is 6.12. The minimum atomic E-state index is -0.431. The fraction of sp³-hybridized carbons (Fsp3) is 0.429. The van der Waals surface area contributed by atoms with Crippen LogP contribution in [-0.2, 0) is 16.0 Å². The number of alkyl halides is 1. The quantitative estimate of drug-likeness (QED) is 0.570. The lowest BCUT2D eigenvalue weighted by Gasteiger charge is -2.11. The highest BCUT2D eigenvalue weighted by atomic mass is 79.9. The summed E-state index contributed by atoms with van der Waals surface area (Å²) in [7, 11) is 0. The molecule has 1 aromatic rings. The molecule has 0 unspecified atom stereocenters. The van der Waals surface area contributed by atoms with Gasteiger partial charge in [-0.1, -0.05) is 22.0 Å². The predicted molar refractivity (Wildman–Crippen MR) is 76.1 cm³/mol. The van der Waals surface area contributed by atoms with Gasteiger partial charge in [-0.25, -0.2) is 4.79 Å². The molecule has 0 aromatic heterocycles. The fourth-order valence-electron chi connectivity index (χ4n) is 1.61. The average molecular weight is 329 g/mol. The Labute approximate surface area is 121 Å². The number of esters is 1. The molecule has 0 N–H and O–H groups in total. The van der Waals surface area contributed by atoms with Gasteiger partial charge < -0.3 is 9.47 Å². The number of hydrogen-bond donors (Lipinski definition) is 0. The third kappa shape index (κ3) is 4.67. The van der Waals surface area contributed by atoms with Crippen LogP contribution in [0, 0.1) is 0 Å². The lowest BCUT2D eigenvalue weighted by Crippen LogP contribution is -2.10. The summed E-state index contributed by atoms with van der Waals surface area (Å²) in [6.07, 6.45) is 0.282. The molecule has 0 aliphatic rings. The van der Waals surface area contributed by atoms with Crippen LogP contribution in [0.4, 0.5) is 0 Å². The topological polar surface area (TPSA) is 52.6 Å². The van der Waals surface area contributed by atoms with E-state index in [-0.39, 0.29) is 12.2 Å². The lowest BCUT2D eigenvalue weighted by molar-refractivity contribution is -0.115. The summed E-state index contributed by atoms with van der Waals surface area (Å²) in [6.45, 7) is 4.36. The van der Waals surface area contributed by atoms with Gasteiger partial charge in [-0.15, -0.1) is 0 Å². The van der Waals surface area contributed by atoms with E-state index < -0.39 is 5.97 Å². The van der Waals surface area contributed by atoms with E-state index in [9.17, 15) is 9.59 Å². The van der Waals surface area contributed by atoms with E-state index in [1.165, 1.54) is 0 Å². The Morgan fingerprint density at radius 3 is 2.53 bits per heavy atom. The molecule has 4 nitrogen and oxygen atoms in total. The smallest absolute Gasteiger partial charge is 0.341 e. The summed E-state index contributed by atoms with van der Waals surface area (Å²) in [4.78, 5) is 23.3. The standard InChI is InChI=1S/C14H17BrO4/c1-3-18-13-6-5-10(7-11(16)9-15)8-12(13)14(17)19-4-2/h5-6,8H,3-4,7,9H2,1-2H3. The van der Waals surface area contributed by atoms with Crippen molar-refractivity contribution in [3.63, 3.8) is 0 Å². The lowest BCUT2D eigenvalue weighted by atomic mass is 10.1. The van der Waals surface area contributed by atoms with Crippen LogP contribution in [0.25, 0.3) is 0 Å². The largest absolute Gasteiger partial charge is 0.493 e. The Morgan fingerprint density at radius 1 is 1.21 bits per heavy atom. The summed E-state index contributed by atoms with van der Waals surface area (Å²) in [5, 5.41) is 0.301. The molecule has 1 aromatic carbocycles. The number of ketones is 1. The van der Waals surface area contributed by atoms with Crippen LogP contribution in [-0.4, -0.2) is 30.3 Å². The van der Waals surface area contributed by atoms with Crippen LogP contribution >= 0.6 is 15.9 Å². The second kappa shape index (κ2) is 7.94. The third-order valence-electron chi connectivity index (χ3n) is 2.39. The third-order valence-corrected chi connectivity index (χ3v) is 3.01. The van der Waals surface area contributed by atoms with Gasteiger partial charge in [0, 0.05) is 6.42 Å². The number of hydrogen-bond acceptors (Lipinski definition) is 4. The van der Waals surface area contributed by atoms with Gasteiger partial charge in [-0.2, -0.15) is 0 Å². The number of carbonyl (C=O) groups excluding carboxylic acids is 2. The number of rotatable bonds is 7. The van der Waals surface area contributed by atoms with Crippen molar-refractivity contribution >= 4 is 27.7 Å². The highest BCUT2D eigenvalue weighted by Crippen LogP contribution is 2.22. The summed E-state index contributed by atoms with van der Waals surface area (Å²) in [6, 6.07) is 5.14. The van der Waals surface area contributed by atoms with Crippen molar-refractivity contribution in [3.8, 4) is 5.75 Å². The zero-order valence-electron chi connectivity index (χ0n) is 11.1. The van der Waals surface area contributed by atoms with E-state index in [4.69, 9.17) is 9.47 Å². The Hall–Kier alpha value is -1.36. The van der Waals surface area contributed by atoms with E-state index >= 15 is 0 Å². The van der Waals surface area contributed by atoms with Crippen LogP contribution in [0.3, 0.4) is 0 Å². The number of carbonyl (C=O) groups is 2. The number of halogens is 1. The van der Waals surface area contributed by atoms with Crippen molar-refractivity contribution in [1.29, 1.82) is 0 Å². The molecule has 0 fully saturated rings. The number of benzene rings is 1. The van der Waals surface area contributed by atoms with E-state index in [1.807, 2.05) is 6.92 Å². The van der Waals surface area contributed by atoms with E-state index in [0.29, 0.717) is 29.9 Å². The molecule has 0 atom stereocenters. The zero-order valence-corrected chi connectivity index (χ0v) is 12.7. The highest BCUT2D eigenvalue weighted by Gasteiger charge is 2.15. The normalized spacial score (nSPS) is 10.1. The zero-order chi connectivity index (χ0) is 14.3. The summed E-state index contributed by atoms with van der Waals surface area (Å²) >= 11 is 3.12. The van der Waals surface area contributed by atoms with Crippen molar-refractivity contribution in [3.05, 3.63) is 29.3 Å². The Balaban J connectivity index is 3.03. The van der Waals surface area contributed by atoms with Crippen LogP contribution in [0.2, 0.25) is 0 Å². The van der Waals surface area contributed by atoms with Crippen LogP contribution in [0.5, 0.6) is 5.75 Å². The molecular formula is C14H17BrO4.